The zero-order chi connectivity index (χ0) is 27.7. The van der Waals surface area contributed by atoms with Gasteiger partial charge in [0.2, 0.25) is 5.78 Å². The van der Waals surface area contributed by atoms with Crippen LogP contribution in [0.2, 0.25) is 0 Å². The first-order chi connectivity index (χ1) is 17.9. The predicted molar refractivity (Wildman–Crippen MR) is 139 cm³/mol. The zero-order valence-electron chi connectivity index (χ0n) is 22.0. The van der Waals surface area contributed by atoms with Crippen LogP contribution in [0.4, 0.5) is 0 Å². The van der Waals surface area contributed by atoms with Crippen LogP contribution in [0, 0.1) is 23.7 Å². The Morgan fingerprint density at radius 2 is 1.82 bits per heavy atom. The lowest BCUT2D eigenvalue weighted by atomic mass is 9.58. The summed E-state index contributed by atoms with van der Waals surface area (Å²) >= 11 is 0. The zero-order valence-corrected chi connectivity index (χ0v) is 22.0. The van der Waals surface area contributed by atoms with Gasteiger partial charge in [0.25, 0.3) is 5.91 Å². The van der Waals surface area contributed by atoms with Crippen molar-refractivity contribution in [1.82, 2.24) is 4.90 Å². The largest absolute Gasteiger partial charge is 0.510 e. The van der Waals surface area contributed by atoms with Gasteiger partial charge in [0.1, 0.15) is 22.8 Å². The molecule has 0 aromatic heterocycles. The Hall–Kier alpha value is -3.17. The molecule has 204 valence electrons. The average molecular weight is 525 g/mol. The molecule has 4 aliphatic rings. The van der Waals surface area contributed by atoms with E-state index in [-0.39, 0.29) is 23.3 Å². The van der Waals surface area contributed by atoms with Crippen LogP contribution in [-0.2, 0) is 22.4 Å². The molecule has 0 saturated heterocycles. The number of Topliss-reactive ketones (excluding diaryl/α,β-unsaturated/α-hetero) is 2. The van der Waals surface area contributed by atoms with Gasteiger partial charge in [-0.1, -0.05) is 38.7 Å². The molecule has 0 bridgehead atoms. The molecule has 5 unspecified atom stereocenters. The lowest BCUT2D eigenvalue weighted by Gasteiger charge is -2.50. The molecule has 1 fully saturated rings. The van der Waals surface area contributed by atoms with Crippen molar-refractivity contribution < 1.29 is 34.8 Å². The number of carbonyl (C=O) groups excluding carboxylic acids is 3. The second-order valence-electron chi connectivity index (χ2n) is 11.8. The molecular formula is C29H36N2O7. The normalized spacial score (nSPS) is 30.4. The number of nitrogens with zero attached hydrogens (tertiary/aromatic N) is 1. The van der Waals surface area contributed by atoms with Crippen molar-refractivity contribution in [2.45, 2.75) is 63.5 Å². The molecule has 0 spiro atoms. The van der Waals surface area contributed by atoms with Crippen LogP contribution in [0.15, 0.2) is 34.8 Å². The van der Waals surface area contributed by atoms with Gasteiger partial charge in [-0.3, -0.25) is 19.3 Å². The van der Waals surface area contributed by atoms with Crippen molar-refractivity contribution in [2.24, 2.45) is 29.4 Å². The summed E-state index contributed by atoms with van der Waals surface area (Å²) in [7, 11) is 3.24. The lowest BCUT2D eigenvalue weighted by Crippen LogP contribution is -2.63. The summed E-state index contributed by atoms with van der Waals surface area (Å²) < 4.78 is 0. The van der Waals surface area contributed by atoms with Crippen molar-refractivity contribution in [3.05, 3.63) is 51.5 Å². The number of hydrogen-bond acceptors (Lipinski definition) is 8. The summed E-state index contributed by atoms with van der Waals surface area (Å²) in [5.74, 6) is -5.26. The second-order valence-corrected chi connectivity index (χ2v) is 11.8. The van der Waals surface area contributed by atoms with Crippen LogP contribution < -0.4 is 5.73 Å². The van der Waals surface area contributed by atoms with Crippen molar-refractivity contribution >= 4 is 17.5 Å². The lowest BCUT2D eigenvalue weighted by molar-refractivity contribution is -0.148. The fourth-order valence-corrected chi connectivity index (χ4v) is 7.55. The number of aliphatic hydroxyl groups excluding tert-OH is 2. The summed E-state index contributed by atoms with van der Waals surface area (Å²) in [6, 6.07) is 2.36. The third-order valence-corrected chi connectivity index (χ3v) is 9.45. The SMILES string of the molecule is CC(Cc1ccc(O)c2c1CC1CC3C(N(C)C)C(O)=C(C(N)=O)C(=O)C3(O)C(O)=C1C2=O)C1CCCC1. The third-order valence-electron chi connectivity index (χ3n) is 9.45. The number of hydrogen-bond donors (Lipinski definition) is 5. The minimum Gasteiger partial charge on any atom is -0.510 e. The number of nitrogens with two attached hydrogens (primary N) is 1. The van der Waals surface area contributed by atoms with Gasteiger partial charge in [-0.2, -0.15) is 0 Å². The smallest absolute Gasteiger partial charge is 0.255 e. The molecule has 38 heavy (non-hydrogen) atoms. The summed E-state index contributed by atoms with van der Waals surface area (Å²) in [6.45, 7) is 2.22. The Balaban J connectivity index is 1.62. The maximum Gasteiger partial charge on any atom is 0.255 e. The highest BCUT2D eigenvalue weighted by Crippen LogP contribution is 2.52. The molecule has 1 aromatic rings. The number of amides is 1. The summed E-state index contributed by atoms with van der Waals surface area (Å²) in [4.78, 5) is 40.8. The third kappa shape index (κ3) is 3.70. The van der Waals surface area contributed by atoms with E-state index in [9.17, 15) is 34.8 Å². The molecule has 1 aromatic carbocycles. The topological polar surface area (TPSA) is 161 Å². The van der Waals surface area contributed by atoms with E-state index < -0.39 is 58.0 Å². The summed E-state index contributed by atoms with van der Waals surface area (Å²) in [5.41, 5.74) is 3.63. The molecule has 9 heteroatoms. The van der Waals surface area contributed by atoms with Gasteiger partial charge in [0, 0.05) is 11.5 Å². The van der Waals surface area contributed by atoms with Crippen molar-refractivity contribution in [1.29, 1.82) is 0 Å². The molecule has 5 atom stereocenters. The Morgan fingerprint density at radius 3 is 2.42 bits per heavy atom. The number of likely N-dealkylation sites (N-methyl/N-ethyl adjacent to an activating group) is 1. The van der Waals surface area contributed by atoms with Crippen LogP contribution in [-0.4, -0.2) is 68.5 Å². The van der Waals surface area contributed by atoms with Crippen LogP contribution in [0.25, 0.3) is 0 Å². The van der Waals surface area contributed by atoms with Gasteiger partial charge in [0.05, 0.1) is 11.6 Å². The van der Waals surface area contributed by atoms with E-state index in [4.69, 9.17) is 5.73 Å². The molecule has 9 nitrogen and oxygen atoms in total. The van der Waals surface area contributed by atoms with Gasteiger partial charge in [0.15, 0.2) is 11.4 Å². The number of phenols is 1. The first-order valence-corrected chi connectivity index (χ1v) is 13.4. The number of aliphatic hydroxyl groups is 3. The highest BCUT2D eigenvalue weighted by Gasteiger charge is 2.63. The molecule has 4 aliphatic carbocycles. The van der Waals surface area contributed by atoms with E-state index in [1.807, 2.05) is 6.07 Å². The predicted octanol–water partition coefficient (Wildman–Crippen LogP) is 2.49. The quantitative estimate of drug-likeness (QED) is 0.367. The Kier molecular flexibility index (Phi) is 6.43. The number of ketones is 2. The van der Waals surface area contributed by atoms with Crippen molar-refractivity contribution in [2.75, 3.05) is 14.1 Å². The van der Waals surface area contributed by atoms with Crippen LogP contribution in [0.1, 0.15) is 60.5 Å². The van der Waals surface area contributed by atoms with Gasteiger partial charge >= 0.3 is 0 Å². The van der Waals surface area contributed by atoms with Crippen LogP contribution >= 0.6 is 0 Å². The van der Waals surface area contributed by atoms with Crippen LogP contribution in [0.3, 0.4) is 0 Å². The number of fused-ring (bicyclic) bond motifs is 3. The maximum absolute atomic E-state index is 13.8. The number of benzene rings is 1. The van der Waals surface area contributed by atoms with Gasteiger partial charge in [-0.25, -0.2) is 0 Å². The molecule has 1 saturated carbocycles. The average Bonchev–Trinajstić information content (AvgIpc) is 3.38. The minimum atomic E-state index is -2.62. The van der Waals surface area contributed by atoms with Crippen molar-refractivity contribution in [3.8, 4) is 5.75 Å². The van der Waals surface area contributed by atoms with E-state index in [0.29, 0.717) is 18.3 Å². The fourth-order valence-electron chi connectivity index (χ4n) is 7.55. The number of rotatable bonds is 5. The molecule has 1 amide bonds. The first-order valence-electron chi connectivity index (χ1n) is 13.4. The minimum absolute atomic E-state index is 0.0851. The summed E-state index contributed by atoms with van der Waals surface area (Å²) in [6.07, 6.45) is 6.02. The molecule has 5 rings (SSSR count). The van der Waals surface area contributed by atoms with Crippen LogP contribution in [0.5, 0.6) is 5.75 Å². The number of carbonyl (C=O) groups is 3. The highest BCUT2D eigenvalue weighted by atomic mass is 16.3. The number of allylic oxidation sites excluding steroid dienone is 1. The number of primary amides is 1. The van der Waals surface area contributed by atoms with E-state index in [1.54, 1.807) is 19.0 Å². The van der Waals surface area contributed by atoms with Gasteiger partial charge in [-0.15, -0.1) is 0 Å². The molecule has 0 heterocycles. The Morgan fingerprint density at radius 1 is 1.16 bits per heavy atom. The monoisotopic (exact) mass is 524 g/mol. The number of phenolic OH excluding ortho intramolecular Hbond substituents is 1. The standard InChI is InChI=1S/C29H36N2O7/c1-13(14-6-4-5-7-14)10-15-8-9-19(32)21-17(15)11-16-12-18-23(31(2)3)25(34)22(28(30)37)27(36)29(18,38)26(35)20(16)24(21)33/h8-9,13-14,16,18,23,32,34-35,38H,4-7,10-12H2,1-3H3,(H2,30,37). The maximum atomic E-state index is 13.8. The Labute approximate surface area is 221 Å². The molecule has 6 N–H and O–H groups in total. The second kappa shape index (κ2) is 9.24. The summed E-state index contributed by atoms with van der Waals surface area (Å²) in [5, 5.41) is 44.7. The van der Waals surface area contributed by atoms with E-state index in [2.05, 4.69) is 6.92 Å². The number of aromatic hydroxyl groups is 1. The first kappa shape index (κ1) is 26.4. The molecule has 0 radical (unpaired) electrons. The molecular weight excluding hydrogens is 488 g/mol. The van der Waals surface area contributed by atoms with Crippen molar-refractivity contribution in [3.63, 3.8) is 0 Å². The van der Waals surface area contributed by atoms with E-state index in [1.165, 1.54) is 31.7 Å². The highest BCUT2D eigenvalue weighted by molar-refractivity contribution is 6.24. The van der Waals surface area contributed by atoms with Gasteiger partial charge in [-0.05, 0) is 68.3 Å². The van der Waals surface area contributed by atoms with E-state index in [0.717, 1.165) is 17.5 Å². The van der Waals surface area contributed by atoms with E-state index >= 15 is 0 Å². The Bertz CT molecular complexity index is 1290. The fraction of sp³-hybridized carbons (Fsp3) is 0.552. The molecule has 0 aliphatic heterocycles. The van der Waals surface area contributed by atoms with Gasteiger partial charge < -0.3 is 26.2 Å².